The van der Waals surface area contributed by atoms with E-state index >= 15 is 0 Å². The molecule has 0 spiro atoms. The first kappa shape index (κ1) is 20.9. The van der Waals surface area contributed by atoms with Crippen molar-refractivity contribution in [3.63, 3.8) is 0 Å². The minimum absolute atomic E-state index is 0.0610. The standard InChI is InChI=1S/C22H24N2O4S2/c1-28-18-9-7-16(8-10-18)11-12-24-19-14-30(26,27)15-20(19)29-22(24)23-21(25)13-17-5-3-2-4-6-17/h2-10,19-20H,11-15H2,1H3/t19-,20-/m1/s1. The van der Waals surface area contributed by atoms with Crippen LogP contribution in [0.5, 0.6) is 5.75 Å². The number of ether oxygens (including phenoxy) is 1. The van der Waals surface area contributed by atoms with Gasteiger partial charge >= 0.3 is 0 Å². The number of rotatable bonds is 6. The number of aliphatic imine (C=N–C) groups is 1. The van der Waals surface area contributed by atoms with Gasteiger partial charge in [-0.15, -0.1) is 0 Å². The quantitative estimate of drug-likeness (QED) is 0.682. The Labute approximate surface area is 181 Å². The second-order valence-electron chi connectivity index (χ2n) is 7.54. The normalized spacial score (nSPS) is 23.5. The summed E-state index contributed by atoms with van der Waals surface area (Å²) in [6, 6.07) is 17.2. The summed E-state index contributed by atoms with van der Waals surface area (Å²) in [7, 11) is -1.42. The van der Waals surface area contributed by atoms with E-state index in [-0.39, 0.29) is 35.1 Å². The lowest BCUT2D eigenvalue weighted by atomic mass is 10.1. The fraction of sp³-hybridized carbons (Fsp3) is 0.364. The smallest absolute Gasteiger partial charge is 0.252 e. The van der Waals surface area contributed by atoms with Gasteiger partial charge in [-0.3, -0.25) is 4.79 Å². The van der Waals surface area contributed by atoms with E-state index in [1.165, 1.54) is 11.8 Å². The van der Waals surface area contributed by atoms with Crippen LogP contribution in [0.2, 0.25) is 0 Å². The maximum absolute atomic E-state index is 12.5. The van der Waals surface area contributed by atoms with Crippen molar-refractivity contribution in [2.45, 2.75) is 24.1 Å². The molecule has 0 saturated carbocycles. The largest absolute Gasteiger partial charge is 0.497 e. The van der Waals surface area contributed by atoms with Gasteiger partial charge in [0.1, 0.15) is 5.75 Å². The molecule has 30 heavy (non-hydrogen) atoms. The number of thioether (sulfide) groups is 1. The number of amides is 1. The van der Waals surface area contributed by atoms with Crippen LogP contribution in [0, 0.1) is 0 Å². The Morgan fingerprint density at radius 1 is 1.10 bits per heavy atom. The summed E-state index contributed by atoms with van der Waals surface area (Å²) in [5.41, 5.74) is 2.04. The third-order valence-electron chi connectivity index (χ3n) is 5.39. The number of carbonyl (C=O) groups is 1. The molecule has 0 aliphatic carbocycles. The zero-order valence-electron chi connectivity index (χ0n) is 16.7. The van der Waals surface area contributed by atoms with E-state index in [0.717, 1.165) is 23.3 Å². The highest BCUT2D eigenvalue weighted by atomic mass is 32.2. The number of hydrogen-bond acceptors (Lipinski definition) is 5. The zero-order valence-corrected chi connectivity index (χ0v) is 18.4. The Bertz CT molecular complexity index is 1040. The molecule has 0 bridgehead atoms. The monoisotopic (exact) mass is 444 g/mol. The van der Waals surface area contributed by atoms with Crippen molar-refractivity contribution in [3.8, 4) is 5.75 Å². The van der Waals surface area contributed by atoms with Crippen LogP contribution >= 0.6 is 11.8 Å². The minimum atomic E-state index is -3.05. The molecule has 0 N–H and O–H groups in total. The molecular formula is C22H24N2O4S2. The van der Waals surface area contributed by atoms with Crippen LogP contribution in [-0.4, -0.2) is 60.8 Å². The first-order chi connectivity index (χ1) is 14.4. The predicted molar refractivity (Wildman–Crippen MR) is 120 cm³/mol. The molecule has 2 fully saturated rings. The molecule has 2 aromatic rings. The van der Waals surface area contributed by atoms with Crippen molar-refractivity contribution in [2.24, 2.45) is 4.99 Å². The third-order valence-corrected chi connectivity index (χ3v) is 8.64. The van der Waals surface area contributed by atoms with Crippen molar-refractivity contribution >= 4 is 32.7 Å². The zero-order chi connectivity index (χ0) is 21.1. The van der Waals surface area contributed by atoms with E-state index in [2.05, 4.69) is 4.99 Å². The lowest BCUT2D eigenvalue weighted by Crippen LogP contribution is -2.39. The molecule has 158 valence electrons. The summed E-state index contributed by atoms with van der Waals surface area (Å²) in [5, 5.41) is 0.587. The molecule has 0 radical (unpaired) electrons. The van der Waals surface area contributed by atoms with E-state index in [0.29, 0.717) is 11.7 Å². The van der Waals surface area contributed by atoms with Gasteiger partial charge in [-0.2, -0.15) is 4.99 Å². The van der Waals surface area contributed by atoms with E-state index in [1.807, 2.05) is 59.5 Å². The number of amidine groups is 1. The highest BCUT2D eigenvalue weighted by Gasteiger charge is 2.48. The SMILES string of the molecule is COc1ccc(CCN2C(=NC(=O)Cc3ccccc3)S[C@@H]3CS(=O)(=O)C[C@H]32)cc1. The number of hydrogen-bond donors (Lipinski definition) is 0. The number of nitrogens with zero attached hydrogens (tertiary/aromatic N) is 2. The van der Waals surface area contributed by atoms with Crippen molar-refractivity contribution in [2.75, 3.05) is 25.2 Å². The molecular weight excluding hydrogens is 420 g/mol. The molecule has 1 amide bonds. The average Bonchev–Trinajstić information content (AvgIpc) is 3.18. The fourth-order valence-corrected chi connectivity index (χ4v) is 7.85. The predicted octanol–water partition coefficient (Wildman–Crippen LogP) is 2.58. The Balaban J connectivity index is 1.50. The lowest BCUT2D eigenvalue weighted by molar-refractivity contribution is -0.117. The van der Waals surface area contributed by atoms with Crippen LogP contribution in [-0.2, 0) is 27.5 Å². The van der Waals surface area contributed by atoms with Crippen molar-refractivity contribution in [1.82, 2.24) is 4.90 Å². The minimum Gasteiger partial charge on any atom is -0.497 e. The Morgan fingerprint density at radius 2 is 1.83 bits per heavy atom. The maximum Gasteiger partial charge on any atom is 0.252 e. The van der Waals surface area contributed by atoms with Gasteiger partial charge in [0.2, 0.25) is 0 Å². The Hall–Kier alpha value is -2.32. The van der Waals surface area contributed by atoms with Crippen LogP contribution in [0.4, 0.5) is 0 Å². The van der Waals surface area contributed by atoms with Gasteiger partial charge in [0.15, 0.2) is 15.0 Å². The highest BCUT2D eigenvalue weighted by Crippen LogP contribution is 2.38. The van der Waals surface area contributed by atoms with E-state index in [9.17, 15) is 13.2 Å². The summed E-state index contributed by atoms with van der Waals surface area (Å²) in [4.78, 5) is 18.9. The summed E-state index contributed by atoms with van der Waals surface area (Å²) in [6.07, 6.45) is 0.977. The van der Waals surface area contributed by atoms with Gasteiger partial charge in [-0.1, -0.05) is 54.2 Å². The Morgan fingerprint density at radius 3 is 2.53 bits per heavy atom. The number of sulfone groups is 1. The fourth-order valence-electron chi connectivity index (χ4n) is 3.86. The summed E-state index contributed by atoms with van der Waals surface area (Å²) >= 11 is 1.43. The second kappa shape index (κ2) is 8.81. The summed E-state index contributed by atoms with van der Waals surface area (Å²) in [5.74, 6) is 0.860. The molecule has 0 unspecified atom stereocenters. The van der Waals surface area contributed by atoms with Crippen molar-refractivity contribution in [1.29, 1.82) is 0 Å². The van der Waals surface area contributed by atoms with Gasteiger partial charge in [0.05, 0.1) is 31.1 Å². The molecule has 0 aromatic heterocycles. The van der Waals surface area contributed by atoms with Gasteiger partial charge in [-0.05, 0) is 29.7 Å². The molecule has 4 rings (SSSR count). The van der Waals surface area contributed by atoms with E-state index in [4.69, 9.17) is 4.74 Å². The number of carbonyl (C=O) groups excluding carboxylic acids is 1. The Kier molecular flexibility index (Phi) is 6.15. The van der Waals surface area contributed by atoms with Crippen LogP contribution in [0.25, 0.3) is 0 Å². The third kappa shape index (κ3) is 4.87. The van der Waals surface area contributed by atoms with Crippen LogP contribution < -0.4 is 4.74 Å². The first-order valence-electron chi connectivity index (χ1n) is 9.85. The second-order valence-corrected chi connectivity index (χ2v) is 10.9. The number of methoxy groups -OCH3 is 1. The van der Waals surface area contributed by atoms with Crippen molar-refractivity contribution < 1.29 is 17.9 Å². The van der Waals surface area contributed by atoms with Gasteiger partial charge < -0.3 is 9.64 Å². The van der Waals surface area contributed by atoms with Crippen molar-refractivity contribution in [3.05, 3.63) is 65.7 Å². The van der Waals surface area contributed by atoms with Gasteiger partial charge in [0.25, 0.3) is 5.91 Å². The molecule has 2 aliphatic heterocycles. The van der Waals surface area contributed by atoms with Gasteiger partial charge in [0, 0.05) is 11.8 Å². The van der Waals surface area contributed by atoms with Crippen LogP contribution in [0.1, 0.15) is 11.1 Å². The lowest BCUT2D eigenvalue weighted by Gasteiger charge is -2.24. The molecule has 8 heteroatoms. The first-order valence-corrected chi connectivity index (χ1v) is 12.6. The van der Waals surface area contributed by atoms with E-state index < -0.39 is 9.84 Å². The topological polar surface area (TPSA) is 76.0 Å². The molecule has 2 aliphatic rings. The molecule has 2 heterocycles. The number of benzene rings is 2. The summed E-state index contributed by atoms with van der Waals surface area (Å²) in [6.45, 7) is 0.619. The maximum atomic E-state index is 12.5. The molecule has 6 nitrogen and oxygen atoms in total. The molecule has 2 atom stereocenters. The molecule has 2 saturated heterocycles. The highest BCUT2D eigenvalue weighted by molar-refractivity contribution is 8.15. The van der Waals surface area contributed by atoms with Crippen LogP contribution in [0.3, 0.4) is 0 Å². The average molecular weight is 445 g/mol. The van der Waals surface area contributed by atoms with Gasteiger partial charge in [-0.25, -0.2) is 8.42 Å². The molecule has 2 aromatic carbocycles. The van der Waals surface area contributed by atoms with Crippen LogP contribution in [0.15, 0.2) is 59.6 Å². The number of fused-ring (bicyclic) bond motifs is 1. The summed E-state index contributed by atoms with van der Waals surface area (Å²) < 4.78 is 29.5. The van der Waals surface area contributed by atoms with E-state index in [1.54, 1.807) is 7.11 Å².